The van der Waals surface area contributed by atoms with Gasteiger partial charge in [0.2, 0.25) is 11.8 Å². The van der Waals surface area contributed by atoms with Crippen molar-refractivity contribution in [1.82, 2.24) is 10.2 Å². The van der Waals surface area contributed by atoms with Gasteiger partial charge < -0.3 is 14.5 Å². The van der Waals surface area contributed by atoms with Gasteiger partial charge in [-0.15, -0.1) is 0 Å². The number of imide groups is 1. The fourth-order valence-corrected chi connectivity index (χ4v) is 3.40. The molecular weight excluding hydrogens is 346 g/mol. The van der Waals surface area contributed by atoms with E-state index in [9.17, 15) is 14.4 Å². The van der Waals surface area contributed by atoms with E-state index in [0.717, 1.165) is 24.3 Å². The van der Waals surface area contributed by atoms with Crippen molar-refractivity contribution >= 4 is 23.6 Å². The molecule has 0 aromatic heterocycles. The van der Waals surface area contributed by atoms with Crippen LogP contribution in [0.5, 0.6) is 0 Å². The molecule has 0 bridgehead atoms. The molecule has 1 atom stereocenters. The monoisotopic (exact) mass is 373 g/mol. The number of piperidine rings is 1. The lowest BCUT2D eigenvalue weighted by Gasteiger charge is -2.36. The number of nitrogens with zero attached hydrogens (tertiary/aromatic N) is 2. The molecule has 1 N–H and O–H groups in total. The smallest absolute Gasteiger partial charge is 0.410 e. The second kappa shape index (κ2) is 7.58. The van der Waals surface area contributed by atoms with E-state index in [1.165, 1.54) is 0 Å². The number of carbonyl (C=O) groups is 3. The molecule has 2 aliphatic rings. The molecule has 2 saturated heterocycles. The molecule has 0 unspecified atom stereocenters. The summed E-state index contributed by atoms with van der Waals surface area (Å²) in [6, 6.07) is 7.91. The molecule has 3 amide bonds. The lowest BCUT2D eigenvalue weighted by atomic mass is 9.90. The summed E-state index contributed by atoms with van der Waals surface area (Å²) in [5, 5.41) is 2.40. The quantitative estimate of drug-likeness (QED) is 0.805. The van der Waals surface area contributed by atoms with Crippen LogP contribution in [0.3, 0.4) is 0 Å². The van der Waals surface area contributed by atoms with Crippen molar-refractivity contribution in [3.05, 3.63) is 29.8 Å². The standard InChI is InChI=1S/C20H27N3O4/c1-20(2,3)27-19(26)23-12-10-22(11-13-23)15-6-4-14(5-7-15)16-8-9-17(24)21-18(16)25/h4-7,16H,8-13H2,1-3H3,(H,21,24,25)/t16-/m0/s1. The lowest BCUT2D eigenvalue weighted by molar-refractivity contribution is -0.134. The van der Waals surface area contributed by atoms with Gasteiger partial charge in [-0.2, -0.15) is 0 Å². The first-order chi connectivity index (χ1) is 12.7. The molecule has 7 nitrogen and oxygen atoms in total. The third-order valence-corrected chi connectivity index (χ3v) is 4.83. The summed E-state index contributed by atoms with van der Waals surface area (Å²) in [7, 11) is 0. The average molecular weight is 373 g/mol. The highest BCUT2D eigenvalue weighted by atomic mass is 16.6. The molecule has 2 heterocycles. The number of hydrogen-bond donors (Lipinski definition) is 1. The van der Waals surface area contributed by atoms with Gasteiger partial charge in [0.05, 0.1) is 5.92 Å². The summed E-state index contributed by atoms with van der Waals surface area (Å²) in [6.07, 6.45) is 0.666. The minimum absolute atomic E-state index is 0.198. The fraction of sp³-hybridized carbons (Fsp3) is 0.550. The molecule has 3 rings (SSSR count). The van der Waals surface area contributed by atoms with E-state index in [1.54, 1.807) is 4.90 Å². The SMILES string of the molecule is CC(C)(C)OC(=O)N1CCN(c2ccc([C@@H]3CCC(=O)NC3=O)cc2)CC1. The number of anilines is 1. The average Bonchev–Trinajstić information content (AvgIpc) is 2.61. The minimum Gasteiger partial charge on any atom is -0.444 e. The Morgan fingerprint density at radius 3 is 2.26 bits per heavy atom. The zero-order chi connectivity index (χ0) is 19.6. The minimum atomic E-state index is -0.486. The van der Waals surface area contributed by atoms with Crippen LogP contribution in [-0.2, 0) is 14.3 Å². The number of amides is 3. The maximum atomic E-state index is 12.2. The van der Waals surface area contributed by atoms with E-state index in [4.69, 9.17) is 4.74 Å². The van der Waals surface area contributed by atoms with Crippen LogP contribution in [0, 0.1) is 0 Å². The Bertz CT molecular complexity index is 716. The number of benzene rings is 1. The molecule has 1 aromatic carbocycles. The molecular formula is C20H27N3O4. The highest BCUT2D eigenvalue weighted by Crippen LogP contribution is 2.27. The molecule has 7 heteroatoms. The first-order valence-corrected chi connectivity index (χ1v) is 9.39. The summed E-state index contributed by atoms with van der Waals surface area (Å²) in [6.45, 7) is 8.29. The highest BCUT2D eigenvalue weighted by Gasteiger charge is 2.29. The first kappa shape index (κ1) is 19.2. The van der Waals surface area contributed by atoms with E-state index < -0.39 is 5.60 Å². The Morgan fingerprint density at radius 1 is 1.07 bits per heavy atom. The molecule has 2 aliphatic heterocycles. The van der Waals surface area contributed by atoms with Gasteiger partial charge in [0.1, 0.15) is 5.60 Å². The van der Waals surface area contributed by atoms with Gasteiger partial charge in [0, 0.05) is 38.3 Å². The number of rotatable bonds is 2. The molecule has 1 aromatic rings. The van der Waals surface area contributed by atoms with Gasteiger partial charge in [-0.3, -0.25) is 14.9 Å². The zero-order valence-corrected chi connectivity index (χ0v) is 16.2. The van der Waals surface area contributed by atoms with Crippen LogP contribution >= 0.6 is 0 Å². The van der Waals surface area contributed by atoms with Crippen molar-refractivity contribution in [2.75, 3.05) is 31.1 Å². The molecule has 0 radical (unpaired) electrons. The maximum absolute atomic E-state index is 12.2. The van der Waals surface area contributed by atoms with Crippen LogP contribution in [0.4, 0.5) is 10.5 Å². The van der Waals surface area contributed by atoms with Gasteiger partial charge >= 0.3 is 6.09 Å². The second-order valence-electron chi connectivity index (χ2n) is 8.05. The molecule has 27 heavy (non-hydrogen) atoms. The number of piperazine rings is 1. The van der Waals surface area contributed by atoms with E-state index in [-0.39, 0.29) is 23.8 Å². The van der Waals surface area contributed by atoms with Gasteiger partial charge in [-0.1, -0.05) is 12.1 Å². The van der Waals surface area contributed by atoms with Crippen LogP contribution in [0.25, 0.3) is 0 Å². The van der Waals surface area contributed by atoms with Gasteiger partial charge in [0.25, 0.3) is 0 Å². The largest absolute Gasteiger partial charge is 0.444 e. The normalized spacial score (nSPS) is 21.1. The van der Waals surface area contributed by atoms with E-state index in [0.29, 0.717) is 25.9 Å². The predicted molar refractivity (Wildman–Crippen MR) is 102 cm³/mol. The summed E-state index contributed by atoms with van der Waals surface area (Å²) in [5.74, 6) is -0.679. The van der Waals surface area contributed by atoms with Crippen molar-refractivity contribution in [2.45, 2.75) is 45.1 Å². The Hall–Kier alpha value is -2.57. The third kappa shape index (κ3) is 4.78. The molecule has 0 saturated carbocycles. The van der Waals surface area contributed by atoms with Gasteiger partial charge in [-0.05, 0) is 44.9 Å². The summed E-state index contributed by atoms with van der Waals surface area (Å²) in [4.78, 5) is 39.4. The number of ether oxygens (including phenoxy) is 1. The van der Waals surface area contributed by atoms with Crippen LogP contribution in [0.2, 0.25) is 0 Å². The van der Waals surface area contributed by atoms with Crippen molar-refractivity contribution < 1.29 is 19.1 Å². The summed E-state index contributed by atoms with van der Waals surface area (Å²) >= 11 is 0. The number of nitrogens with one attached hydrogen (secondary N) is 1. The second-order valence-corrected chi connectivity index (χ2v) is 8.05. The lowest BCUT2D eigenvalue weighted by Crippen LogP contribution is -2.50. The predicted octanol–water partition coefficient (Wildman–Crippen LogP) is 2.26. The van der Waals surface area contributed by atoms with Crippen molar-refractivity contribution in [2.24, 2.45) is 0 Å². The first-order valence-electron chi connectivity index (χ1n) is 9.39. The van der Waals surface area contributed by atoms with Gasteiger partial charge in [-0.25, -0.2) is 4.79 Å². The topological polar surface area (TPSA) is 79.0 Å². The van der Waals surface area contributed by atoms with Crippen molar-refractivity contribution in [3.63, 3.8) is 0 Å². The Morgan fingerprint density at radius 2 is 1.70 bits per heavy atom. The molecule has 0 spiro atoms. The van der Waals surface area contributed by atoms with E-state index in [1.807, 2.05) is 45.0 Å². The maximum Gasteiger partial charge on any atom is 0.410 e. The molecule has 0 aliphatic carbocycles. The van der Waals surface area contributed by atoms with Crippen molar-refractivity contribution in [3.8, 4) is 0 Å². The third-order valence-electron chi connectivity index (χ3n) is 4.83. The Kier molecular flexibility index (Phi) is 5.39. The summed E-state index contributed by atoms with van der Waals surface area (Å²) < 4.78 is 5.43. The highest BCUT2D eigenvalue weighted by molar-refractivity contribution is 6.00. The van der Waals surface area contributed by atoms with Crippen LogP contribution in [-0.4, -0.2) is 54.6 Å². The fourth-order valence-electron chi connectivity index (χ4n) is 3.40. The van der Waals surface area contributed by atoms with E-state index in [2.05, 4.69) is 10.2 Å². The Labute approximate surface area is 159 Å². The number of hydrogen-bond acceptors (Lipinski definition) is 5. The molecule has 146 valence electrons. The van der Waals surface area contributed by atoms with Crippen LogP contribution in [0.1, 0.15) is 45.1 Å². The van der Waals surface area contributed by atoms with E-state index >= 15 is 0 Å². The summed E-state index contributed by atoms with van der Waals surface area (Å²) in [5.41, 5.74) is 1.51. The van der Waals surface area contributed by atoms with Crippen LogP contribution in [0.15, 0.2) is 24.3 Å². The zero-order valence-electron chi connectivity index (χ0n) is 16.2. The van der Waals surface area contributed by atoms with Gasteiger partial charge in [0.15, 0.2) is 0 Å². The number of carbonyl (C=O) groups excluding carboxylic acids is 3. The molecule has 2 fully saturated rings. The Balaban J connectivity index is 1.57. The van der Waals surface area contributed by atoms with Crippen LogP contribution < -0.4 is 10.2 Å². The van der Waals surface area contributed by atoms with Crippen molar-refractivity contribution in [1.29, 1.82) is 0 Å².